The van der Waals surface area contributed by atoms with E-state index >= 15 is 0 Å². The second-order valence-corrected chi connectivity index (χ2v) is 5.70. The Morgan fingerprint density at radius 2 is 1.46 bits per heavy atom. The van der Waals surface area contributed by atoms with Crippen molar-refractivity contribution >= 4 is 39.1 Å². The standard InChI is InChI=1S/C16H12BrF3N2O2/c17-13-4-2-1-3-10(13)9-14(23)21-11-5-7-12(8-6-11)22-15(24)16(18,19)20/h1-8H,9H2,(H,21,23)(H,22,24). The summed E-state index contributed by atoms with van der Waals surface area (Å²) < 4.78 is 37.3. The molecule has 0 radical (unpaired) electrons. The topological polar surface area (TPSA) is 58.2 Å². The first kappa shape index (κ1) is 18.0. The average molecular weight is 401 g/mol. The fraction of sp³-hybridized carbons (Fsp3) is 0.125. The SMILES string of the molecule is O=C(Cc1ccccc1Br)Nc1ccc(NC(=O)C(F)(F)F)cc1. The predicted molar refractivity (Wildman–Crippen MR) is 87.6 cm³/mol. The largest absolute Gasteiger partial charge is 0.471 e. The van der Waals surface area contributed by atoms with Crippen molar-refractivity contribution < 1.29 is 22.8 Å². The van der Waals surface area contributed by atoms with Crippen molar-refractivity contribution in [2.45, 2.75) is 12.6 Å². The van der Waals surface area contributed by atoms with Crippen LogP contribution in [0.25, 0.3) is 0 Å². The van der Waals surface area contributed by atoms with E-state index in [0.29, 0.717) is 5.69 Å². The summed E-state index contributed by atoms with van der Waals surface area (Å²) in [5.74, 6) is -2.32. The van der Waals surface area contributed by atoms with E-state index in [4.69, 9.17) is 0 Å². The van der Waals surface area contributed by atoms with Crippen LogP contribution in [0.2, 0.25) is 0 Å². The van der Waals surface area contributed by atoms with Gasteiger partial charge in [0.2, 0.25) is 5.91 Å². The zero-order chi connectivity index (χ0) is 17.7. The smallest absolute Gasteiger partial charge is 0.326 e. The van der Waals surface area contributed by atoms with Gasteiger partial charge in [0.15, 0.2) is 0 Å². The summed E-state index contributed by atoms with van der Waals surface area (Å²) in [4.78, 5) is 22.8. The number of hydrogen-bond donors (Lipinski definition) is 2. The van der Waals surface area contributed by atoms with Crippen molar-refractivity contribution in [2.24, 2.45) is 0 Å². The number of carbonyl (C=O) groups is 2. The van der Waals surface area contributed by atoms with Gasteiger partial charge in [0.05, 0.1) is 6.42 Å². The molecule has 0 bridgehead atoms. The molecule has 2 aromatic rings. The van der Waals surface area contributed by atoms with Gasteiger partial charge < -0.3 is 10.6 Å². The highest BCUT2D eigenvalue weighted by molar-refractivity contribution is 9.10. The normalized spacial score (nSPS) is 11.0. The van der Waals surface area contributed by atoms with Crippen molar-refractivity contribution in [3.05, 3.63) is 58.6 Å². The maximum atomic E-state index is 12.2. The minimum absolute atomic E-state index is 0.0128. The second kappa shape index (κ2) is 7.48. The first-order valence-corrected chi connectivity index (χ1v) is 7.56. The van der Waals surface area contributed by atoms with Gasteiger partial charge in [-0.3, -0.25) is 9.59 Å². The third-order valence-corrected chi connectivity index (χ3v) is 3.77. The highest BCUT2D eigenvalue weighted by atomic mass is 79.9. The summed E-state index contributed by atoms with van der Waals surface area (Å²) >= 11 is 3.35. The lowest BCUT2D eigenvalue weighted by Gasteiger charge is -2.10. The van der Waals surface area contributed by atoms with E-state index in [-0.39, 0.29) is 18.0 Å². The van der Waals surface area contributed by atoms with Crippen LogP contribution in [0.3, 0.4) is 0 Å². The van der Waals surface area contributed by atoms with Crippen LogP contribution in [0.5, 0.6) is 0 Å². The molecule has 0 aliphatic carbocycles. The van der Waals surface area contributed by atoms with Crippen molar-refractivity contribution in [2.75, 3.05) is 10.6 Å². The molecule has 2 N–H and O–H groups in total. The molecule has 0 unspecified atom stereocenters. The highest BCUT2D eigenvalue weighted by Crippen LogP contribution is 2.20. The third-order valence-electron chi connectivity index (χ3n) is 2.99. The van der Waals surface area contributed by atoms with Gasteiger partial charge in [-0.1, -0.05) is 34.1 Å². The summed E-state index contributed by atoms with van der Waals surface area (Å²) in [6, 6.07) is 12.6. The fourth-order valence-electron chi connectivity index (χ4n) is 1.86. The Kier molecular flexibility index (Phi) is 5.61. The van der Waals surface area contributed by atoms with Gasteiger partial charge in [-0.25, -0.2) is 0 Å². The third kappa shape index (κ3) is 5.09. The van der Waals surface area contributed by atoms with E-state index in [0.717, 1.165) is 10.0 Å². The fourth-order valence-corrected chi connectivity index (χ4v) is 2.28. The predicted octanol–water partition coefficient (Wildman–Crippen LogP) is 4.13. The van der Waals surface area contributed by atoms with Gasteiger partial charge in [-0.15, -0.1) is 0 Å². The molecule has 0 aliphatic rings. The maximum absolute atomic E-state index is 12.2. The number of alkyl halides is 3. The van der Waals surface area contributed by atoms with Crippen molar-refractivity contribution in [1.82, 2.24) is 0 Å². The van der Waals surface area contributed by atoms with Crippen LogP contribution in [-0.4, -0.2) is 18.0 Å². The van der Waals surface area contributed by atoms with Crippen LogP contribution < -0.4 is 10.6 Å². The highest BCUT2D eigenvalue weighted by Gasteiger charge is 2.38. The first-order chi connectivity index (χ1) is 11.3. The van der Waals surface area contributed by atoms with E-state index in [9.17, 15) is 22.8 Å². The van der Waals surface area contributed by atoms with Crippen molar-refractivity contribution in [3.63, 3.8) is 0 Å². The van der Waals surface area contributed by atoms with E-state index in [1.165, 1.54) is 24.3 Å². The molecule has 0 spiro atoms. The second-order valence-electron chi connectivity index (χ2n) is 4.85. The number of halogens is 4. The molecule has 0 heterocycles. The van der Waals surface area contributed by atoms with Crippen LogP contribution in [-0.2, 0) is 16.0 Å². The summed E-state index contributed by atoms with van der Waals surface area (Å²) in [6.07, 6.45) is -4.80. The molecule has 0 atom stereocenters. The molecule has 8 heteroatoms. The van der Waals surface area contributed by atoms with Crippen molar-refractivity contribution in [3.8, 4) is 0 Å². The summed E-state index contributed by atoms with van der Waals surface area (Å²) in [6.45, 7) is 0. The maximum Gasteiger partial charge on any atom is 0.471 e. The number of nitrogens with one attached hydrogen (secondary N) is 2. The van der Waals surface area contributed by atoms with Crippen LogP contribution in [0.4, 0.5) is 24.5 Å². The van der Waals surface area contributed by atoms with Gasteiger partial charge >= 0.3 is 12.1 Å². The van der Waals surface area contributed by atoms with Crippen LogP contribution in [0.1, 0.15) is 5.56 Å². The van der Waals surface area contributed by atoms with E-state index < -0.39 is 12.1 Å². The minimum Gasteiger partial charge on any atom is -0.326 e. The molecule has 0 aliphatic heterocycles. The Morgan fingerprint density at radius 3 is 2.00 bits per heavy atom. The van der Waals surface area contributed by atoms with Crippen LogP contribution in [0, 0.1) is 0 Å². The number of benzene rings is 2. The number of carbonyl (C=O) groups excluding carboxylic acids is 2. The first-order valence-electron chi connectivity index (χ1n) is 6.77. The summed E-state index contributed by atoms with van der Waals surface area (Å²) in [5, 5.41) is 4.36. The monoisotopic (exact) mass is 400 g/mol. The number of anilines is 2. The molecule has 2 amide bonds. The number of rotatable bonds is 4. The Labute approximate surface area is 144 Å². The Bertz CT molecular complexity index is 746. The van der Waals surface area contributed by atoms with Gasteiger partial charge in [-0.2, -0.15) is 13.2 Å². The van der Waals surface area contributed by atoms with E-state index in [2.05, 4.69) is 21.2 Å². The average Bonchev–Trinajstić information content (AvgIpc) is 2.50. The summed E-state index contributed by atoms with van der Waals surface area (Å²) in [5.41, 5.74) is 1.21. The molecule has 24 heavy (non-hydrogen) atoms. The van der Waals surface area contributed by atoms with E-state index in [1.54, 1.807) is 11.4 Å². The molecule has 0 aromatic heterocycles. The van der Waals surface area contributed by atoms with E-state index in [1.807, 2.05) is 18.2 Å². The zero-order valence-electron chi connectivity index (χ0n) is 12.2. The molecular formula is C16H12BrF3N2O2. The summed E-state index contributed by atoms with van der Waals surface area (Å²) in [7, 11) is 0. The van der Waals surface area contributed by atoms with Gasteiger partial charge in [0, 0.05) is 15.8 Å². The number of hydrogen-bond acceptors (Lipinski definition) is 2. The lowest BCUT2D eigenvalue weighted by atomic mass is 10.1. The molecule has 2 rings (SSSR count). The van der Waals surface area contributed by atoms with Gasteiger partial charge in [0.25, 0.3) is 0 Å². The van der Waals surface area contributed by atoms with Gasteiger partial charge in [0.1, 0.15) is 0 Å². The zero-order valence-corrected chi connectivity index (χ0v) is 13.7. The molecule has 4 nitrogen and oxygen atoms in total. The van der Waals surface area contributed by atoms with Crippen molar-refractivity contribution in [1.29, 1.82) is 0 Å². The van der Waals surface area contributed by atoms with Crippen LogP contribution >= 0.6 is 15.9 Å². The molecule has 2 aromatic carbocycles. The Hall–Kier alpha value is -2.35. The Morgan fingerprint density at radius 1 is 0.917 bits per heavy atom. The molecular weight excluding hydrogens is 389 g/mol. The minimum atomic E-state index is -4.95. The lowest BCUT2D eigenvalue weighted by Crippen LogP contribution is -2.29. The molecule has 126 valence electrons. The molecule has 0 fully saturated rings. The quantitative estimate of drug-likeness (QED) is 0.810. The lowest BCUT2D eigenvalue weighted by molar-refractivity contribution is -0.167. The van der Waals surface area contributed by atoms with Gasteiger partial charge in [-0.05, 0) is 35.9 Å². The van der Waals surface area contributed by atoms with Crippen LogP contribution in [0.15, 0.2) is 53.0 Å². The molecule has 0 saturated heterocycles. The number of amides is 2. The molecule has 0 saturated carbocycles. The Balaban J connectivity index is 1.95.